The molecule has 38 heavy (non-hydrogen) atoms. The quantitative estimate of drug-likeness (QED) is 0.245. The summed E-state index contributed by atoms with van der Waals surface area (Å²) in [7, 11) is 1.63. The molecule has 3 rings (SSSR count). The first-order valence-electron chi connectivity index (χ1n) is 12.6. The Morgan fingerprint density at radius 1 is 0.947 bits per heavy atom. The lowest BCUT2D eigenvalue weighted by atomic mass is 10.0. The van der Waals surface area contributed by atoms with Gasteiger partial charge in [0.15, 0.2) is 0 Å². The Labute approximate surface area is 239 Å². The van der Waals surface area contributed by atoms with Crippen LogP contribution >= 0.6 is 35.0 Å². The Morgan fingerprint density at radius 2 is 1.63 bits per heavy atom. The van der Waals surface area contributed by atoms with Crippen LogP contribution in [0.1, 0.15) is 37.0 Å². The Bertz CT molecular complexity index is 1190. The second-order valence-electron chi connectivity index (χ2n) is 9.13. The lowest BCUT2D eigenvalue weighted by Gasteiger charge is -2.32. The molecule has 202 valence electrons. The molecular weight excluding hydrogens is 539 g/mol. The van der Waals surface area contributed by atoms with Crippen LogP contribution in [0.5, 0.6) is 5.75 Å². The van der Waals surface area contributed by atoms with E-state index in [4.69, 9.17) is 27.9 Å². The summed E-state index contributed by atoms with van der Waals surface area (Å²) in [5, 5.41) is 3.94. The number of hydrogen-bond donors (Lipinski definition) is 1. The number of methoxy groups -OCH3 is 1. The van der Waals surface area contributed by atoms with Crippen molar-refractivity contribution in [3.05, 3.63) is 99.5 Å². The second-order valence-corrected chi connectivity index (χ2v) is 10.9. The summed E-state index contributed by atoms with van der Waals surface area (Å²) in [6, 6.07) is 22.2. The normalized spacial score (nSPS) is 12.4. The minimum absolute atomic E-state index is 0.00727. The van der Waals surface area contributed by atoms with Gasteiger partial charge in [0.2, 0.25) is 11.8 Å². The molecule has 0 aromatic heterocycles. The maximum absolute atomic E-state index is 13.7. The minimum Gasteiger partial charge on any atom is -0.497 e. The van der Waals surface area contributed by atoms with Crippen molar-refractivity contribution in [1.29, 1.82) is 0 Å². The number of hydrogen-bond acceptors (Lipinski definition) is 4. The molecule has 0 radical (unpaired) electrons. The smallest absolute Gasteiger partial charge is 0.243 e. The van der Waals surface area contributed by atoms with Crippen molar-refractivity contribution >= 4 is 46.8 Å². The van der Waals surface area contributed by atoms with Gasteiger partial charge < -0.3 is 15.0 Å². The minimum atomic E-state index is -0.685. The predicted octanol–water partition coefficient (Wildman–Crippen LogP) is 6.79. The van der Waals surface area contributed by atoms with Gasteiger partial charge >= 0.3 is 0 Å². The van der Waals surface area contributed by atoms with Gasteiger partial charge in [-0.25, -0.2) is 0 Å². The summed E-state index contributed by atoms with van der Waals surface area (Å²) in [4.78, 5) is 29.0. The number of thioether (sulfide) groups is 1. The zero-order valence-corrected chi connectivity index (χ0v) is 24.3. The fraction of sp³-hybridized carbons (Fsp3) is 0.333. The third-order valence-corrected chi connectivity index (χ3v) is 7.99. The van der Waals surface area contributed by atoms with E-state index in [1.165, 1.54) is 11.8 Å². The SMILES string of the molecule is CC[C@@H](C)NC(=O)[C@H](Cc1ccccc1)N(Cc1ccc(Cl)c(Cl)c1)C(=O)CSCc1ccc(OC)cc1. The van der Waals surface area contributed by atoms with Crippen LogP contribution in [0.25, 0.3) is 0 Å². The number of benzene rings is 3. The van der Waals surface area contributed by atoms with Crippen LogP contribution < -0.4 is 10.1 Å². The van der Waals surface area contributed by atoms with Gasteiger partial charge in [-0.3, -0.25) is 9.59 Å². The maximum Gasteiger partial charge on any atom is 0.243 e. The van der Waals surface area contributed by atoms with Crippen molar-refractivity contribution in [2.24, 2.45) is 0 Å². The fourth-order valence-electron chi connectivity index (χ4n) is 3.89. The zero-order chi connectivity index (χ0) is 27.5. The van der Waals surface area contributed by atoms with Crippen LogP contribution in [-0.2, 0) is 28.3 Å². The Morgan fingerprint density at radius 3 is 2.26 bits per heavy atom. The molecular formula is C30H34Cl2N2O3S. The Balaban J connectivity index is 1.85. The van der Waals surface area contributed by atoms with E-state index < -0.39 is 6.04 Å². The molecule has 8 heteroatoms. The average Bonchev–Trinajstić information content (AvgIpc) is 2.93. The third kappa shape index (κ3) is 8.97. The molecule has 0 aliphatic heterocycles. The van der Waals surface area contributed by atoms with Gasteiger partial charge in [-0.05, 0) is 54.3 Å². The van der Waals surface area contributed by atoms with E-state index in [0.29, 0.717) is 22.2 Å². The lowest BCUT2D eigenvalue weighted by molar-refractivity contribution is -0.139. The van der Waals surface area contributed by atoms with E-state index in [0.717, 1.165) is 28.9 Å². The van der Waals surface area contributed by atoms with Crippen molar-refractivity contribution in [2.45, 2.75) is 51.1 Å². The molecule has 3 aromatic rings. The maximum atomic E-state index is 13.7. The van der Waals surface area contributed by atoms with Crippen molar-refractivity contribution in [2.75, 3.05) is 12.9 Å². The van der Waals surface area contributed by atoms with Crippen LogP contribution in [0.15, 0.2) is 72.8 Å². The van der Waals surface area contributed by atoms with Gasteiger partial charge in [0, 0.05) is 24.8 Å². The molecule has 0 aliphatic rings. The number of amides is 2. The zero-order valence-electron chi connectivity index (χ0n) is 22.0. The molecule has 0 fully saturated rings. The first-order chi connectivity index (χ1) is 18.3. The van der Waals surface area contributed by atoms with Crippen LogP contribution in [-0.4, -0.2) is 41.7 Å². The summed E-state index contributed by atoms with van der Waals surface area (Å²) in [5.41, 5.74) is 2.88. The lowest BCUT2D eigenvalue weighted by Crippen LogP contribution is -2.52. The van der Waals surface area contributed by atoms with Crippen LogP contribution in [0.2, 0.25) is 10.0 Å². The van der Waals surface area contributed by atoms with Gasteiger partial charge in [-0.1, -0.05) is 78.7 Å². The first-order valence-corrected chi connectivity index (χ1v) is 14.5. The molecule has 0 saturated carbocycles. The van der Waals surface area contributed by atoms with Crippen molar-refractivity contribution in [3.63, 3.8) is 0 Å². The van der Waals surface area contributed by atoms with E-state index in [2.05, 4.69) is 5.32 Å². The fourth-order valence-corrected chi connectivity index (χ4v) is 5.08. The number of rotatable bonds is 13. The van der Waals surface area contributed by atoms with Crippen LogP contribution in [0.3, 0.4) is 0 Å². The molecule has 3 aromatic carbocycles. The topological polar surface area (TPSA) is 58.6 Å². The molecule has 0 saturated heterocycles. The molecule has 5 nitrogen and oxygen atoms in total. The molecule has 0 aliphatic carbocycles. The molecule has 0 bridgehead atoms. The molecule has 0 heterocycles. The summed E-state index contributed by atoms with van der Waals surface area (Å²) in [5.74, 6) is 1.40. The van der Waals surface area contributed by atoms with Gasteiger partial charge in [0.05, 0.1) is 22.9 Å². The Kier molecular flexibility index (Phi) is 11.8. The number of nitrogens with zero attached hydrogens (tertiary/aromatic N) is 1. The summed E-state index contributed by atoms with van der Waals surface area (Å²) >= 11 is 13.9. The van der Waals surface area contributed by atoms with E-state index in [9.17, 15) is 9.59 Å². The highest BCUT2D eigenvalue weighted by Crippen LogP contribution is 2.25. The van der Waals surface area contributed by atoms with Gasteiger partial charge in [-0.15, -0.1) is 11.8 Å². The highest BCUT2D eigenvalue weighted by molar-refractivity contribution is 7.99. The molecule has 2 atom stereocenters. The number of ether oxygens (including phenoxy) is 1. The molecule has 2 amide bonds. The predicted molar refractivity (Wildman–Crippen MR) is 158 cm³/mol. The van der Waals surface area contributed by atoms with Crippen LogP contribution in [0, 0.1) is 0 Å². The van der Waals surface area contributed by atoms with Crippen molar-refractivity contribution < 1.29 is 14.3 Å². The van der Waals surface area contributed by atoms with E-state index in [-0.39, 0.29) is 30.2 Å². The number of carbonyl (C=O) groups excluding carboxylic acids is 2. The molecule has 0 spiro atoms. The van der Waals surface area contributed by atoms with Crippen molar-refractivity contribution in [1.82, 2.24) is 10.2 Å². The third-order valence-electron chi connectivity index (χ3n) is 6.26. The van der Waals surface area contributed by atoms with E-state index >= 15 is 0 Å². The van der Waals surface area contributed by atoms with Gasteiger partial charge in [-0.2, -0.15) is 0 Å². The number of carbonyl (C=O) groups is 2. The molecule has 1 N–H and O–H groups in total. The van der Waals surface area contributed by atoms with E-state index in [1.54, 1.807) is 24.1 Å². The number of nitrogens with one attached hydrogen (secondary N) is 1. The second kappa shape index (κ2) is 15.1. The monoisotopic (exact) mass is 572 g/mol. The highest BCUT2D eigenvalue weighted by Gasteiger charge is 2.31. The Hall–Kier alpha value is -2.67. The summed E-state index contributed by atoms with van der Waals surface area (Å²) < 4.78 is 5.23. The first kappa shape index (κ1) is 29.9. The van der Waals surface area contributed by atoms with Crippen LogP contribution in [0.4, 0.5) is 0 Å². The largest absolute Gasteiger partial charge is 0.497 e. The average molecular weight is 574 g/mol. The van der Waals surface area contributed by atoms with E-state index in [1.807, 2.05) is 74.5 Å². The summed E-state index contributed by atoms with van der Waals surface area (Å²) in [6.07, 6.45) is 1.20. The van der Waals surface area contributed by atoms with Gasteiger partial charge in [0.25, 0.3) is 0 Å². The molecule has 0 unspecified atom stereocenters. The summed E-state index contributed by atoms with van der Waals surface area (Å²) in [6.45, 7) is 4.23. The van der Waals surface area contributed by atoms with Gasteiger partial charge in [0.1, 0.15) is 11.8 Å². The number of halogens is 2. The van der Waals surface area contributed by atoms with Crippen molar-refractivity contribution in [3.8, 4) is 5.75 Å². The standard InChI is InChI=1S/C30H34Cl2N2O3S/c1-4-21(2)33-30(36)28(17-22-8-6-5-7-9-22)34(18-24-12-15-26(31)27(32)16-24)29(35)20-38-19-23-10-13-25(37-3)14-11-23/h5-16,21,28H,4,17-20H2,1-3H3,(H,33,36)/t21-,28+/m1/s1. The highest BCUT2D eigenvalue weighted by atomic mass is 35.5.